The minimum atomic E-state index is -4.96. The Balaban J connectivity index is 4.62. The Kier molecular flexibility index (Phi) is 77.2. The molecule has 0 spiro atoms. The molecule has 0 heterocycles. The van der Waals surface area contributed by atoms with Crippen LogP contribution in [0.5, 0.6) is 0 Å². The summed E-state index contributed by atoms with van der Waals surface area (Å²) in [7, 11) is -9.84. The van der Waals surface area contributed by atoms with Gasteiger partial charge < -0.3 is 34.2 Å². The van der Waals surface area contributed by atoms with E-state index in [2.05, 4.69) is 215 Å². The second kappa shape index (κ2) is 81.6. The van der Waals surface area contributed by atoms with Crippen molar-refractivity contribution >= 4 is 33.6 Å². The Hall–Kier alpha value is -5.87. The van der Waals surface area contributed by atoms with Crippen LogP contribution in [0.4, 0.5) is 0 Å². The van der Waals surface area contributed by atoms with Gasteiger partial charge in [0.1, 0.15) is 25.4 Å². The van der Waals surface area contributed by atoms with Crippen molar-refractivity contribution in [2.45, 2.75) is 309 Å². The number of esters is 3. The molecule has 0 aliphatic rings. The highest BCUT2D eigenvalue weighted by molar-refractivity contribution is 7.47. The Morgan fingerprint density at radius 2 is 0.468 bits per heavy atom. The number of hydrogen-bond acceptors (Lipinski definition) is 14. The van der Waals surface area contributed by atoms with Crippen molar-refractivity contribution < 1.29 is 75.8 Å². The van der Waals surface area contributed by atoms with Crippen LogP contribution in [0.2, 0.25) is 0 Å². The van der Waals surface area contributed by atoms with E-state index in [0.717, 1.165) is 173 Å². The molecule has 0 amide bonds. The maximum Gasteiger partial charge on any atom is 0.472 e. The zero-order chi connectivity index (χ0) is 79.4. The molecular formula is C91H146O16P2. The molecule has 5 atom stereocenters. The number of ether oxygens (including phenoxy) is 3. The summed E-state index contributed by atoms with van der Waals surface area (Å²) in [4.78, 5) is 58.7. The average Bonchev–Trinajstić information content (AvgIpc) is 0.902. The van der Waals surface area contributed by atoms with Crippen LogP contribution in [0.25, 0.3) is 0 Å². The molecule has 5 unspecified atom stereocenters. The van der Waals surface area contributed by atoms with Gasteiger partial charge in [0.2, 0.25) is 0 Å². The number of allylic oxidation sites excluding steroid dienone is 34. The number of aliphatic hydroxyl groups excluding tert-OH is 2. The molecule has 0 aromatic carbocycles. The van der Waals surface area contributed by atoms with Gasteiger partial charge in [0.15, 0.2) is 6.10 Å². The van der Waals surface area contributed by atoms with Crippen molar-refractivity contribution in [1.29, 1.82) is 0 Å². The molecule has 0 aliphatic heterocycles. The van der Waals surface area contributed by atoms with Crippen LogP contribution in [0.1, 0.15) is 290 Å². The summed E-state index contributed by atoms with van der Waals surface area (Å²) >= 11 is 0. The van der Waals surface area contributed by atoms with Gasteiger partial charge >= 0.3 is 33.6 Å². The lowest BCUT2D eigenvalue weighted by Crippen LogP contribution is -2.30. The van der Waals surface area contributed by atoms with E-state index < -0.39 is 91.5 Å². The normalized spacial score (nSPS) is 15.0. The van der Waals surface area contributed by atoms with Crippen molar-refractivity contribution in [1.82, 2.24) is 0 Å². The number of aliphatic hydroxyl groups is 2. The van der Waals surface area contributed by atoms with Crippen LogP contribution in [0.3, 0.4) is 0 Å². The van der Waals surface area contributed by atoms with Crippen LogP contribution >= 0.6 is 15.6 Å². The first-order chi connectivity index (χ1) is 53.2. The van der Waals surface area contributed by atoms with Crippen LogP contribution in [-0.2, 0) is 55.8 Å². The molecule has 0 radical (unpaired) electrons. The van der Waals surface area contributed by atoms with Crippen LogP contribution < -0.4 is 0 Å². The van der Waals surface area contributed by atoms with Crippen molar-refractivity contribution in [2.24, 2.45) is 0 Å². The number of phosphoric ester groups is 2. The highest BCUT2D eigenvalue weighted by Crippen LogP contribution is 2.45. The zero-order valence-corrected chi connectivity index (χ0v) is 69.2. The van der Waals surface area contributed by atoms with Gasteiger partial charge in [-0.3, -0.25) is 32.5 Å². The number of rotatable bonds is 76. The van der Waals surface area contributed by atoms with Gasteiger partial charge in [-0.25, -0.2) is 9.13 Å². The van der Waals surface area contributed by atoms with Crippen molar-refractivity contribution in [3.05, 3.63) is 207 Å². The smallest absolute Gasteiger partial charge is 0.463 e. The maximum atomic E-state index is 13.0. The third-order valence-electron chi connectivity index (χ3n) is 16.5. The van der Waals surface area contributed by atoms with Crippen LogP contribution in [0, 0.1) is 0 Å². The lowest BCUT2D eigenvalue weighted by atomic mass is 10.0. The number of carbonyl (C=O) groups excluding carboxylic acids is 3. The number of hydrogen-bond donors (Lipinski definition) is 4. The summed E-state index contributed by atoms with van der Waals surface area (Å²) in [5.41, 5.74) is 0. The van der Waals surface area contributed by atoms with Gasteiger partial charge in [0.25, 0.3) is 0 Å². The number of phosphoric acid groups is 2. The van der Waals surface area contributed by atoms with E-state index in [-0.39, 0.29) is 19.3 Å². The molecule has 616 valence electrons. The van der Waals surface area contributed by atoms with Gasteiger partial charge in [-0.05, 0) is 161 Å². The van der Waals surface area contributed by atoms with E-state index >= 15 is 0 Å². The largest absolute Gasteiger partial charge is 0.472 e. The fraction of sp³-hybridized carbons (Fsp3) is 0.593. The van der Waals surface area contributed by atoms with Crippen molar-refractivity contribution in [2.75, 3.05) is 39.6 Å². The van der Waals surface area contributed by atoms with Gasteiger partial charge in [-0.15, -0.1) is 0 Å². The molecule has 109 heavy (non-hydrogen) atoms. The minimum absolute atomic E-state index is 0.0146. The summed E-state index contributed by atoms with van der Waals surface area (Å²) in [5.74, 6) is -1.68. The number of carbonyl (C=O) groups is 3. The van der Waals surface area contributed by atoms with Gasteiger partial charge in [-0.1, -0.05) is 317 Å². The Labute approximate surface area is 660 Å². The summed E-state index contributed by atoms with van der Waals surface area (Å²) in [6.07, 6.45) is 109. The summed E-state index contributed by atoms with van der Waals surface area (Å²) in [6, 6.07) is 0. The number of unbranched alkanes of at least 4 members (excludes halogenated alkanes) is 19. The first-order valence-electron chi connectivity index (χ1n) is 41.4. The first-order valence-corrected chi connectivity index (χ1v) is 44.4. The fourth-order valence-corrected chi connectivity index (χ4v) is 11.9. The summed E-state index contributed by atoms with van der Waals surface area (Å²) in [5, 5.41) is 20.7. The highest BCUT2D eigenvalue weighted by atomic mass is 31.2. The molecule has 16 nitrogen and oxygen atoms in total. The molecule has 0 rings (SSSR count). The predicted octanol–water partition coefficient (Wildman–Crippen LogP) is 24.9. The van der Waals surface area contributed by atoms with E-state index in [1.807, 2.05) is 12.2 Å². The van der Waals surface area contributed by atoms with Gasteiger partial charge in [0, 0.05) is 19.3 Å². The Morgan fingerprint density at radius 1 is 0.257 bits per heavy atom. The second-order valence-electron chi connectivity index (χ2n) is 26.8. The molecule has 0 aliphatic carbocycles. The van der Waals surface area contributed by atoms with Crippen LogP contribution in [-0.4, -0.2) is 95.9 Å². The Morgan fingerprint density at radius 3 is 0.752 bits per heavy atom. The van der Waals surface area contributed by atoms with Crippen molar-refractivity contribution in [3.8, 4) is 0 Å². The minimum Gasteiger partial charge on any atom is -0.463 e. The van der Waals surface area contributed by atoms with E-state index in [0.29, 0.717) is 25.7 Å². The maximum absolute atomic E-state index is 13.0. The average molecular weight is 1560 g/mol. The van der Waals surface area contributed by atoms with Gasteiger partial charge in [0.05, 0.1) is 26.4 Å². The SMILES string of the molecule is CC/C=C\C/C=C\C/C=C\C/C=C\C/C=C\C/C=C\CCCCCCCCCCCCCCC(=O)OCC(O)COP(=O)(O)OCC(O)COP(=O)(O)OCC(COC(=O)CCCCCCCC/C=C\C/C=C\C/C=C\C/C=C\C/C=C\C/C=C\CC)OC(=O)CCC/C=C\C/C=C\C/C=C\C/C=C\C/C=C\CC. The third-order valence-corrected chi connectivity index (χ3v) is 18.4. The van der Waals surface area contributed by atoms with E-state index in [4.69, 9.17) is 32.3 Å². The molecule has 0 saturated carbocycles. The second-order valence-corrected chi connectivity index (χ2v) is 29.7. The third kappa shape index (κ3) is 82.9. The zero-order valence-electron chi connectivity index (χ0n) is 67.4. The van der Waals surface area contributed by atoms with Gasteiger partial charge in [-0.2, -0.15) is 0 Å². The first kappa shape index (κ1) is 103. The predicted molar refractivity (Wildman–Crippen MR) is 454 cm³/mol. The van der Waals surface area contributed by atoms with E-state index in [9.17, 15) is 43.5 Å². The van der Waals surface area contributed by atoms with E-state index in [1.54, 1.807) is 0 Å². The molecule has 0 aromatic rings. The molecule has 18 heteroatoms. The molecule has 4 N–H and O–H groups in total. The van der Waals surface area contributed by atoms with Crippen LogP contribution in [0.15, 0.2) is 207 Å². The molecule has 0 bridgehead atoms. The van der Waals surface area contributed by atoms with Crippen molar-refractivity contribution in [3.63, 3.8) is 0 Å². The lowest BCUT2D eigenvalue weighted by Gasteiger charge is -2.21. The standard InChI is InChI=1S/C91H146O16P2/c1-4-7-10-13-16-19-22-25-28-31-33-35-37-39-40-41-42-43-44-46-48-49-51-54-56-59-62-65-68-71-74-77-89(94)101-80-86(92)81-103-108(97,98)104-82-87(93)83-105-109(99,100)106-85-88(107-91(96)79-76-73-70-67-64-61-58-53-30-27-24-21-18-15-12-9-6-3)84-102-90(95)78-75-72-69-66-63-60-57-55-52-50-47-45-38-36-34-32-29-26-23-20-17-14-11-8-5-2/h7-12,16-21,25-30,33-36,39-40,42-43,45,47,52,55,58,61,67,70,86-88,92-93H,4-6,13-15,22-24,31-32,37-38,41,44,46,48-51,53-54,56-57,59-60,62-66,68-69,71-85H2,1-3H3,(H,97,98)(H,99,100)/b10-7-,11-8-,12-9-,19-16-,20-17-,21-18-,28-25-,29-26-,30-27-,35-33-,36-34-,40-39-,43-42-,47-45-,55-52-,61-58-,70-67-. The fourth-order valence-electron chi connectivity index (χ4n) is 10.3. The summed E-state index contributed by atoms with van der Waals surface area (Å²) < 4.78 is 61.2. The lowest BCUT2D eigenvalue weighted by molar-refractivity contribution is -0.161. The molecular weight excluding hydrogens is 1410 g/mol. The Bertz CT molecular complexity index is 2810. The topological polar surface area (TPSA) is 231 Å². The molecule has 0 saturated heterocycles. The monoisotopic (exact) mass is 1560 g/mol. The quantitative estimate of drug-likeness (QED) is 0.0146. The van der Waals surface area contributed by atoms with E-state index in [1.165, 1.54) is 51.4 Å². The summed E-state index contributed by atoms with van der Waals surface area (Å²) in [6.45, 7) is 2.23. The highest BCUT2D eigenvalue weighted by Gasteiger charge is 2.29. The molecule has 0 aromatic heterocycles. The molecule has 0 fully saturated rings.